The summed E-state index contributed by atoms with van der Waals surface area (Å²) in [6.07, 6.45) is 21.8. The second-order valence-electron chi connectivity index (χ2n) is 8.35. The number of benzene rings is 1. The van der Waals surface area contributed by atoms with Gasteiger partial charge in [0.05, 0.1) is 0 Å². The van der Waals surface area contributed by atoms with Gasteiger partial charge in [-0.1, -0.05) is 76.9 Å². The van der Waals surface area contributed by atoms with E-state index in [0.717, 1.165) is 19.3 Å². The van der Waals surface area contributed by atoms with E-state index in [2.05, 4.69) is 29.7 Å². The van der Waals surface area contributed by atoms with E-state index in [0.29, 0.717) is 6.54 Å². The summed E-state index contributed by atoms with van der Waals surface area (Å²) in [6, 6.07) is 3.84. The Balaban J connectivity index is 1.92. The molecule has 4 N–H and O–H groups in total. The zero-order valence-electron chi connectivity index (χ0n) is 19.7. The van der Waals surface area contributed by atoms with Crippen molar-refractivity contribution in [3.63, 3.8) is 0 Å². The molecule has 1 rings (SSSR count). The van der Waals surface area contributed by atoms with Crippen molar-refractivity contribution >= 4 is 17.5 Å². The number of phenols is 2. The molecule has 0 heterocycles. The molecule has 0 radical (unpaired) electrons. The van der Waals surface area contributed by atoms with Crippen LogP contribution >= 0.6 is 0 Å². The maximum Gasteiger partial charge on any atom is 0.313 e. The van der Waals surface area contributed by atoms with Crippen molar-refractivity contribution in [3.8, 4) is 11.5 Å². The number of rotatable bonds is 17. The van der Waals surface area contributed by atoms with Gasteiger partial charge in [-0.05, 0) is 44.2 Å². The van der Waals surface area contributed by atoms with Gasteiger partial charge in [0.2, 0.25) is 0 Å². The van der Waals surface area contributed by atoms with E-state index < -0.39 is 11.8 Å². The summed E-state index contributed by atoms with van der Waals surface area (Å²) in [5.41, 5.74) is 0.248. The Labute approximate surface area is 193 Å². The summed E-state index contributed by atoms with van der Waals surface area (Å²) in [4.78, 5) is 23.7. The minimum atomic E-state index is -0.792. The first-order valence-corrected chi connectivity index (χ1v) is 12.3. The molecule has 0 aromatic heterocycles. The van der Waals surface area contributed by atoms with Crippen LogP contribution in [0.25, 0.3) is 0 Å². The van der Waals surface area contributed by atoms with Gasteiger partial charge in [-0.25, -0.2) is 0 Å². The first-order chi connectivity index (χ1) is 15.5. The number of phenolic OH excluding ortho intramolecular Hbond substituents is 2. The smallest absolute Gasteiger partial charge is 0.313 e. The second-order valence-corrected chi connectivity index (χ2v) is 8.35. The number of carbonyl (C=O) groups is 2. The molecule has 1 aromatic rings. The molecule has 0 aliphatic heterocycles. The van der Waals surface area contributed by atoms with E-state index in [1.807, 2.05) is 0 Å². The van der Waals surface area contributed by atoms with Crippen molar-refractivity contribution < 1.29 is 19.8 Å². The van der Waals surface area contributed by atoms with E-state index in [-0.39, 0.29) is 17.2 Å². The minimum absolute atomic E-state index is 0.248. The van der Waals surface area contributed by atoms with Crippen LogP contribution in [0.5, 0.6) is 11.5 Å². The van der Waals surface area contributed by atoms with Crippen LogP contribution in [0.4, 0.5) is 5.69 Å². The fraction of sp³-hybridized carbons (Fsp3) is 0.615. The van der Waals surface area contributed by atoms with Crippen molar-refractivity contribution in [1.82, 2.24) is 5.32 Å². The highest BCUT2D eigenvalue weighted by molar-refractivity contribution is 6.39. The molecule has 0 aliphatic carbocycles. The average molecular weight is 447 g/mol. The van der Waals surface area contributed by atoms with Gasteiger partial charge in [0.1, 0.15) is 0 Å². The van der Waals surface area contributed by atoms with E-state index >= 15 is 0 Å². The van der Waals surface area contributed by atoms with Gasteiger partial charge in [0, 0.05) is 18.3 Å². The summed E-state index contributed by atoms with van der Waals surface area (Å²) in [5, 5.41) is 23.7. The molecule has 6 nitrogen and oxygen atoms in total. The van der Waals surface area contributed by atoms with E-state index in [1.54, 1.807) is 0 Å². The first kappa shape index (κ1) is 27.5. The Morgan fingerprint density at radius 1 is 0.750 bits per heavy atom. The largest absolute Gasteiger partial charge is 0.504 e. The number of unbranched alkanes of at least 4 members (excludes halogenated alkanes) is 12. The molecule has 32 heavy (non-hydrogen) atoms. The van der Waals surface area contributed by atoms with Crippen LogP contribution in [0.2, 0.25) is 0 Å². The molecule has 0 saturated heterocycles. The second kappa shape index (κ2) is 18.1. The van der Waals surface area contributed by atoms with Crippen LogP contribution in [-0.4, -0.2) is 28.6 Å². The molecule has 0 atom stereocenters. The van der Waals surface area contributed by atoms with Gasteiger partial charge in [-0.15, -0.1) is 0 Å². The normalized spacial score (nSPS) is 11.0. The molecule has 0 bridgehead atoms. The van der Waals surface area contributed by atoms with Crippen LogP contribution in [0, 0.1) is 0 Å². The van der Waals surface area contributed by atoms with Crippen LogP contribution in [0.1, 0.15) is 96.8 Å². The Bertz CT molecular complexity index is 688. The van der Waals surface area contributed by atoms with Gasteiger partial charge in [0.15, 0.2) is 11.5 Å². The number of hydrogen-bond acceptors (Lipinski definition) is 4. The molecule has 0 saturated carbocycles. The SMILES string of the molecule is CCCCCCCC/C=C\CCCCCCCCNC(=O)C(=O)Nc1ccc(O)c(O)c1. The Kier molecular flexibility index (Phi) is 15.6. The van der Waals surface area contributed by atoms with E-state index in [9.17, 15) is 19.8 Å². The third-order valence-electron chi connectivity index (χ3n) is 5.41. The Morgan fingerprint density at radius 3 is 1.91 bits per heavy atom. The van der Waals surface area contributed by atoms with Gasteiger partial charge >= 0.3 is 11.8 Å². The number of allylic oxidation sites excluding steroid dienone is 2. The lowest BCUT2D eigenvalue weighted by Crippen LogP contribution is -2.35. The predicted octanol–water partition coefficient (Wildman–Crippen LogP) is 6.19. The monoisotopic (exact) mass is 446 g/mol. The molecule has 0 spiro atoms. The van der Waals surface area contributed by atoms with Gasteiger partial charge in [-0.3, -0.25) is 9.59 Å². The first-order valence-electron chi connectivity index (χ1n) is 12.3. The maximum atomic E-state index is 11.8. The lowest BCUT2D eigenvalue weighted by molar-refractivity contribution is -0.136. The fourth-order valence-electron chi connectivity index (χ4n) is 3.44. The van der Waals surface area contributed by atoms with Crippen molar-refractivity contribution in [1.29, 1.82) is 0 Å². The van der Waals surface area contributed by atoms with Crippen molar-refractivity contribution in [2.24, 2.45) is 0 Å². The molecule has 1 aromatic carbocycles. The van der Waals surface area contributed by atoms with Gasteiger partial charge < -0.3 is 20.8 Å². The number of carbonyl (C=O) groups excluding carboxylic acids is 2. The van der Waals surface area contributed by atoms with Gasteiger partial charge in [-0.2, -0.15) is 0 Å². The highest BCUT2D eigenvalue weighted by Crippen LogP contribution is 2.27. The molecule has 180 valence electrons. The summed E-state index contributed by atoms with van der Waals surface area (Å²) >= 11 is 0. The third-order valence-corrected chi connectivity index (χ3v) is 5.41. The quantitative estimate of drug-likeness (QED) is 0.0754. The molecular formula is C26H42N2O4. The molecular weight excluding hydrogens is 404 g/mol. The van der Waals surface area contributed by atoms with Crippen LogP contribution in [0.15, 0.2) is 30.4 Å². The van der Waals surface area contributed by atoms with E-state index in [1.165, 1.54) is 88.8 Å². The molecule has 2 amide bonds. The Hall–Kier alpha value is -2.50. The lowest BCUT2D eigenvalue weighted by atomic mass is 10.1. The third kappa shape index (κ3) is 13.7. The highest BCUT2D eigenvalue weighted by atomic mass is 16.3. The molecule has 6 heteroatoms. The minimum Gasteiger partial charge on any atom is -0.504 e. The number of aromatic hydroxyl groups is 2. The van der Waals surface area contributed by atoms with Crippen LogP contribution in [0.3, 0.4) is 0 Å². The zero-order valence-corrected chi connectivity index (χ0v) is 19.7. The van der Waals surface area contributed by atoms with Crippen LogP contribution in [-0.2, 0) is 9.59 Å². The number of hydrogen-bond donors (Lipinski definition) is 4. The molecule has 0 fully saturated rings. The number of anilines is 1. The number of amides is 2. The average Bonchev–Trinajstić information content (AvgIpc) is 2.78. The summed E-state index contributed by atoms with van der Waals surface area (Å²) in [6.45, 7) is 2.72. The maximum absolute atomic E-state index is 11.8. The standard InChI is InChI=1S/C26H42N2O4/c1-2-3-4-5-6-7-8-9-10-11-12-13-14-15-16-17-20-27-25(31)26(32)28-22-18-19-23(29)24(30)21-22/h9-10,18-19,21,29-30H,2-8,11-17,20H2,1H3,(H,27,31)(H,28,32)/b10-9-. The predicted molar refractivity (Wildman–Crippen MR) is 131 cm³/mol. The van der Waals surface area contributed by atoms with Crippen molar-refractivity contribution in [2.45, 2.75) is 96.8 Å². The van der Waals surface area contributed by atoms with E-state index in [4.69, 9.17) is 0 Å². The van der Waals surface area contributed by atoms with Gasteiger partial charge in [0.25, 0.3) is 0 Å². The lowest BCUT2D eigenvalue weighted by Gasteiger charge is -2.07. The topological polar surface area (TPSA) is 98.7 Å². The Morgan fingerprint density at radius 2 is 1.31 bits per heavy atom. The molecule has 0 unspecified atom stereocenters. The number of nitrogens with one attached hydrogen (secondary N) is 2. The fourth-order valence-corrected chi connectivity index (χ4v) is 3.44. The van der Waals surface area contributed by atoms with Crippen molar-refractivity contribution in [3.05, 3.63) is 30.4 Å². The van der Waals surface area contributed by atoms with Crippen molar-refractivity contribution in [2.75, 3.05) is 11.9 Å². The van der Waals surface area contributed by atoms with Crippen LogP contribution < -0.4 is 10.6 Å². The highest BCUT2D eigenvalue weighted by Gasteiger charge is 2.13. The summed E-state index contributed by atoms with van der Waals surface area (Å²) in [7, 11) is 0. The molecule has 0 aliphatic rings. The zero-order chi connectivity index (χ0) is 23.4. The summed E-state index contributed by atoms with van der Waals surface area (Å²) in [5.74, 6) is -2.13. The summed E-state index contributed by atoms with van der Waals surface area (Å²) < 4.78 is 0.